The molecule has 1 aliphatic rings. The van der Waals surface area contributed by atoms with E-state index in [9.17, 15) is 0 Å². The van der Waals surface area contributed by atoms with Gasteiger partial charge >= 0.3 is 0 Å². The number of hydrogen-bond donors (Lipinski definition) is 0. The summed E-state index contributed by atoms with van der Waals surface area (Å²) >= 11 is 0. The van der Waals surface area contributed by atoms with Crippen LogP contribution in [-0.2, 0) is 5.41 Å². The highest BCUT2D eigenvalue weighted by atomic mass is 15.2. The fourth-order valence-electron chi connectivity index (χ4n) is 8.04. The molecule has 50 heavy (non-hydrogen) atoms. The molecular weight excluding hydrogens is 611 g/mol. The zero-order chi connectivity index (χ0) is 33.4. The lowest BCUT2D eigenvalue weighted by molar-refractivity contribution is 0.663. The van der Waals surface area contributed by atoms with Crippen molar-refractivity contribution in [1.82, 2.24) is 24.5 Å². The SMILES string of the molecule is CC1(C)c2ccccc2-c2c1c1c(c3ccccc23)c2ccccc2n1-c1ncc(-c2cc(-c3ccccc3)nc(-c3ccccc3)n2)cn1. The van der Waals surface area contributed by atoms with E-state index < -0.39 is 0 Å². The minimum Gasteiger partial charge on any atom is -0.278 e. The highest BCUT2D eigenvalue weighted by Gasteiger charge is 2.40. The molecule has 0 bridgehead atoms. The lowest BCUT2D eigenvalue weighted by atomic mass is 9.80. The summed E-state index contributed by atoms with van der Waals surface area (Å²) in [5.74, 6) is 1.29. The molecule has 0 unspecified atom stereocenters. The molecule has 236 valence electrons. The fourth-order valence-corrected chi connectivity index (χ4v) is 8.04. The zero-order valence-corrected chi connectivity index (χ0v) is 27.7. The van der Waals surface area contributed by atoms with Gasteiger partial charge in [0.15, 0.2) is 5.82 Å². The molecule has 0 amide bonds. The van der Waals surface area contributed by atoms with E-state index >= 15 is 0 Å². The van der Waals surface area contributed by atoms with Crippen molar-refractivity contribution in [2.24, 2.45) is 0 Å². The van der Waals surface area contributed by atoms with E-state index in [0.717, 1.165) is 39.1 Å². The molecule has 3 aromatic heterocycles. The Bertz CT molecular complexity index is 2710. The van der Waals surface area contributed by atoms with Gasteiger partial charge in [-0.3, -0.25) is 4.57 Å². The highest BCUT2D eigenvalue weighted by molar-refractivity contribution is 6.26. The lowest BCUT2D eigenvalue weighted by Crippen LogP contribution is -2.17. The van der Waals surface area contributed by atoms with Gasteiger partial charge in [0.05, 0.1) is 22.4 Å². The Labute approximate surface area is 289 Å². The summed E-state index contributed by atoms with van der Waals surface area (Å²) in [6.45, 7) is 4.70. The van der Waals surface area contributed by atoms with Crippen molar-refractivity contribution in [3.63, 3.8) is 0 Å². The highest BCUT2D eigenvalue weighted by Crippen LogP contribution is 2.56. The molecule has 5 nitrogen and oxygen atoms in total. The van der Waals surface area contributed by atoms with Crippen LogP contribution in [0.3, 0.4) is 0 Å². The van der Waals surface area contributed by atoms with Crippen molar-refractivity contribution in [3.05, 3.63) is 163 Å². The number of para-hydroxylation sites is 1. The summed E-state index contributed by atoms with van der Waals surface area (Å²) in [5.41, 5.74) is 11.7. The van der Waals surface area contributed by atoms with Crippen LogP contribution >= 0.6 is 0 Å². The van der Waals surface area contributed by atoms with Gasteiger partial charge in [0.25, 0.3) is 0 Å². The molecule has 0 radical (unpaired) electrons. The minimum absolute atomic E-state index is 0.233. The second-order valence-electron chi connectivity index (χ2n) is 13.5. The van der Waals surface area contributed by atoms with Crippen molar-refractivity contribution < 1.29 is 0 Å². The maximum Gasteiger partial charge on any atom is 0.234 e. The van der Waals surface area contributed by atoms with E-state index in [1.165, 1.54) is 43.8 Å². The molecule has 0 spiro atoms. The summed E-state index contributed by atoms with van der Waals surface area (Å²) in [4.78, 5) is 20.2. The molecule has 0 saturated carbocycles. The molecule has 0 N–H and O–H groups in total. The molecule has 0 saturated heterocycles. The van der Waals surface area contributed by atoms with Gasteiger partial charge in [-0.2, -0.15) is 0 Å². The summed E-state index contributed by atoms with van der Waals surface area (Å²) in [6.07, 6.45) is 3.80. The third-order valence-corrected chi connectivity index (χ3v) is 10.3. The first kappa shape index (κ1) is 28.5. The molecule has 9 aromatic rings. The van der Waals surface area contributed by atoms with Gasteiger partial charge in [0, 0.05) is 45.3 Å². The fraction of sp³-hybridized carbons (Fsp3) is 0.0667. The minimum atomic E-state index is -0.233. The second kappa shape index (κ2) is 10.8. The van der Waals surface area contributed by atoms with Crippen LogP contribution < -0.4 is 0 Å². The lowest BCUT2D eigenvalue weighted by Gasteiger charge is -2.24. The largest absolute Gasteiger partial charge is 0.278 e. The molecule has 0 aliphatic heterocycles. The number of hydrogen-bond acceptors (Lipinski definition) is 4. The normalized spacial score (nSPS) is 13.2. The summed E-state index contributed by atoms with van der Waals surface area (Å²) in [7, 11) is 0. The van der Waals surface area contributed by atoms with E-state index in [2.05, 4.69) is 103 Å². The van der Waals surface area contributed by atoms with Crippen LogP contribution in [0, 0.1) is 0 Å². The molecule has 10 rings (SSSR count). The number of aromatic nitrogens is 5. The number of fused-ring (bicyclic) bond motifs is 10. The van der Waals surface area contributed by atoms with Crippen LogP contribution in [0.25, 0.3) is 83.6 Å². The summed E-state index contributed by atoms with van der Waals surface area (Å²) in [5, 5.41) is 4.94. The van der Waals surface area contributed by atoms with Crippen molar-refractivity contribution in [2.75, 3.05) is 0 Å². The van der Waals surface area contributed by atoms with Gasteiger partial charge < -0.3 is 0 Å². The zero-order valence-electron chi connectivity index (χ0n) is 27.7. The maximum atomic E-state index is 5.10. The van der Waals surface area contributed by atoms with Gasteiger partial charge in [-0.15, -0.1) is 0 Å². The third kappa shape index (κ3) is 4.13. The monoisotopic (exact) mass is 641 g/mol. The van der Waals surface area contributed by atoms with Crippen LogP contribution in [0.1, 0.15) is 25.0 Å². The van der Waals surface area contributed by atoms with Crippen molar-refractivity contribution in [3.8, 4) is 51.0 Å². The number of rotatable bonds is 4. The molecule has 1 aliphatic carbocycles. The van der Waals surface area contributed by atoms with Crippen LogP contribution in [0.2, 0.25) is 0 Å². The maximum absolute atomic E-state index is 5.10. The van der Waals surface area contributed by atoms with Crippen LogP contribution in [0.15, 0.2) is 152 Å². The Morgan fingerprint density at radius 1 is 0.540 bits per heavy atom. The number of nitrogens with zero attached hydrogens (tertiary/aromatic N) is 5. The standard InChI is InChI=1S/C45H31N5/c1-45(2)35-23-13-11-21-33(35)39-31-19-9-10-20-32(31)40-34-22-12-14-24-38(34)50(42(40)41(39)45)44-46-26-30(27-47-44)37-25-36(28-15-5-3-6-16-28)48-43(49-37)29-17-7-4-8-18-29/h3-27H,1-2H3. The van der Waals surface area contributed by atoms with E-state index in [1.807, 2.05) is 67.0 Å². The first-order valence-corrected chi connectivity index (χ1v) is 17.0. The second-order valence-corrected chi connectivity index (χ2v) is 13.5. The van der Waals surface area contributed by atoms with Gasteiger partial charge in [-0.05, 0) is 45.2 Å². The predicted molar refractivity (Wildman–Crippen MR) is 203 cm³/mol. The summed E-state index contributed by atoms with van der Waals surface area (Å²) in [6, 6.07) is 48.7. The quantitative estimate of drug-likeness (QED) is 0.192. The first-order chi connectivity index (χ1) is 24.6. The molecule has 0 atom stereocenters. The van der Waals surface area contributed by atoms with E-state index in [-0.39, 0.29) is 5.41 Å². The Morgan fingerprint density at radius 3 is 1.86 bits per heavy atom. The van der Waals surface area contributed by atoms with Crippen molar-refractivity contribution >= 4 is 32.6 Å². The third-order valence-electron chi connectivity index (χ3n) is 10.3. The van der Waals surface area contributed by atoms with Crippen molar-refractivity contribution in [2.45, 2.75) is 19.3 Å². The predicted octanol–water partition coefficient (Wildman–Crippen LogP) is 10.8. The van der Waals surface area contributed by atoms with E-state index in [0.29, 0.717) is 11.8 Å². The van der Waals surface area contributed by atoms with Crippen molar-refractivity contribution in [1.29, 1.82) is 0 Å². The first-order valence-electron chi connectivity index (χ1n) is 17.0. The average molecular weight is 642 g/mol. The molecular formula is C45H31N5. The topological polar surface area (TPSA) is 56.5 Å². The Balaban J connectivity index is 1.22. The molecule has 5 heteroatoms. The Kier molecular flexibility index (Phi) is 6.15. The summed E-state index contributed by atoms with van der Waals surface area (Å²) < 4.78 is 2.28. The van der Waals surface area contributed by atoms with Gasteiger partial charge in [-0.1, -0.05) is 141 Å². The van der Waals surface area contributed by atoms with Crippen LogP contribution in [0.5, 0.6) is 0 Å². The van der Waals surface area contributed by atoms with Gasteiger partial charge in [0.1, 0.15) is 0 Å². The van der Waals surface area contributed by atoms with E-state index in [1.54, 1.807) is 0 Å². The Morgan fingerprint density at radius 2 is 1.12 bits per heavy atom. The molecule has 6 aromatic carbocycles. The van der Waals surface area contributed by atoms with Crippen LogP contribution in [0.4, 0.5) is 0 Å². The smallest absolute Gasteiger partial charge is 0.234 e. The number of benzene rings is 6. The van der Waals surface area contributed by atoms with Crippen LogP contribution in [-0.4, -0.2) is 24.5 Å². The molecule has 0 fully saturated rings. The average Bonchev–Trinajstić information content (AvgIpc) is 3.65. The Hall–Kier alpha value is -6.46. The molecule has 3 heterocycles. The van der Waals surface area contributed by atoms with E-state index in [4.69, 9.17) is 19.9 Å². The van der Waals surface area contributed by atoms with Gasteiger partial charge in [0.2, 0.25) is 5.95 Å². The van der Waals surface area contributed by atoms with Gasteiger partial charge in [-0.25, -0.2) is 19.9 Å².